The van der Waals surface area contributed by atoms with E-state index in [1.165, 1.54) is 5.56 Å². The minimum absolute atomic E-state index is 0.331. The Kier molecular flexibility index (Phi) is 5.47. The van der Waals surface area contributed by atoms with Gasteiger partial charge in [-0.3, -0.25) is 0 Å². The molecule has 0 heterocycles. The van der Waals surface area contributed by atoms with Crippen LogP contribution in [0, 0.1) is 0 Å². The zero-order valence-corrected chi connectivity index (χ0v) is 9.41. The number of carboxylic acid groups (broad SMARTS) is 1. The van der Waals surface area contributed by atoms with Crippen molar-refractivity contribution in [3.8, 4) is 0 Å². The fourth-order valence-corrected chi connectivity index (χ4v) is 1.19. The van der Waals surface area contributed by atoms with Gasteiger partial charge in [-0.2, -0.15) is 0 Å². The fraction of sp³-hybridized carbons (Fsp3) is 0.0714. The number of nitrogens with two attached hydrogens (primary N) is 1. The fourth-order valence-electron chi connectivity index (χ4n) is 1.19. The second-order valence-electron chi connectivity index (χ2n) is 3.36. The van der Waals surface area contributed by atoms with E-state index in [4.69, 9.17) is 10.8 Å². The molecule has 0 aliphatic carbocycles. The van der Waals surface area contributed by atoms with Gasteiger partial charge in [-0.1, -0.05) is 48.5 Å². The molecule has 3 heteroatoms. The molecule has 2 rings (SSSR count). The third-order valence-corrected chi connectivity index (χ3v) is 2.10. The van der Waals surface area contributed by atoms with Gasteiger partial charge < -0.3 is 10.8 Å². The standard InChI is InChI=1S/C7H9N.C7H6O2/c8-6-7-4-2-1-3-5-7;8-7(9)6-4-2-1-3-5-6/h1-5H,6,8H2;1-5H,(H,8,9). The van der Waals surface area contributed by atoms with Crippen LogP contribution in [0.5, 0.6) is 0 Å². The van der Waals surface area contributed by atoms with Crippen LogP contribution in [0.1, 0.15) is 15.9 Å². The highest BCUT2D eigenvalue weighted by Crippen LogP contribution is 1.96. The van der Waals surface area contributed by atoms with Crippen LogP contribution in [0.2, 0.25) is 0 Å². The lowest BCUT2D eigenvalue weighted by Crippen LogP contribution is -1.94. The molecule has 2 aromatic carbocycles. The summed E-state index contributed by atoms with van der Waals surface area (Å²) in [5.74, 6) is -0.879. The number of benzene rings is 2. The van der Waals surface area contributed by atoms with Gasteiger partial charge in [-0.15, -0.1) is 0 Å². The predicted molar refractivity (Wildman–Crippen MR) is 67.7 cm³/mol. The molecule has 0 amide bonds. The Morgan fingerprint density at radius 1 is 0.941 bits per heavy atom. The highest BCUT2D eigenvalue weighted by atomic mass is 16.4. The summed E-state index contributed by atoms with van der Waals surface area (Å²) < 4.78 is 0. The van der Waals surface area contributed by atoms with Crippen LogP contribution in [0.25, 0.3) is 0 Å². The van der Waals surface area contributed by atoms with Gasteiger partial charge in [0.05, 0.1) is 5.56 Å². The van der Waals surface area contributed by atoms with E-state index in [0.717, 1.165) is 0 Å². The Balaban J connectivity index is 0.000000171. The molecule has 0 aromatic heterocycles. The molecule has 0 bridgehead atoms. The van der Waals surface area contributed by atoms with Crippen LogP contribution in [0.4, 0.5) is 0 Å². The maximum absolute atomic E-state index is 10.2. The number of hydrogen-bond acceptors (Lipinski definition) is 2. The van der Waals surface area contributed by atoms with Crippen molar-refractivity contribution in [2.45, 2.75) is 6.54 Å². The molecular weight excluding hydrogens is 214 g/mol. The van der Waals surface area contributed by atoms with Crippen LogP contribution >= 0.6 is 0 Å². The largest absolute Gasteiger partial charge is 0.478 e. The molecule has 88 valence electrons. The van der Waals surface area contributed by atoms with Gasteiger partial charge in [0.2, 0.25) is 0 Å². The number of aromatic carboxylic acids is 1. The normalized spacial score (nSPS) is 9.00. The SMILES string of the molecule is NCc1ccccc1.O=C(O)c1ccccc1. The average Bonchev–Trinajstić information content (AvgIpc) is 2.41. The molecule has 3 N–H and O–H groups in total. The van der Waals surface area contributed by atoms with E-state index in [0.29, 0.717) is 12.1 Å². The smallest absolute Gasteiger partial charge is 0.335 e. The van der Waals surface area contributed by atoms with E-state index in [9.17, 15) is 4.79 Å². The van der Waals surface area contributed by atoms with Crippen LogP contribution in [0.15, 0.2) is 60.7 Å². The molecule has 0 saturated heterocycles. The van der Waals surface area contributed by atoms with E-state index in [2.05, 4.69) is 0 Å². The summed E-state index contributed by atoms with van der Waals surface area (Å²) in [6.07, 6.45) is 0. The summed E-state index contributed by atoms with van der Waals surface area (Å²) in [5, 5.41) is 8.38. The summed E-state index contributed by atoms with van der Waals surface area (Å²) in [5.41, 5.74) is 6.87. The van der Waals surface area contributed by atoms with Gasteiger partial charge in [0.15, 0.2) is 0 Å². The Morgan fingerprint density at radius 2 is 1.41 bits per heavy atom. The van der Waals surface area contributed by atoms with Crippen LogP contribution in [0.3, 0.4) is 0 Å². The first-order valence-electron chi connectivity index (χ1n) is 5.26. The Morgan fingerprint density at radius 3 is 1.71 bits per heavy atom. The number of carbonyl (C=O) groups is 1. The molecule has 0 atom stereocenters. The minimum atomic E-state index is -0.879. The maximum Gasteiger partial charge on any atom is 0.335 e. The highest BCUT2D eigenvalue weighted by molar-refractivity contribution is 5.87. The topological polar surface area (TPSA) is 63.3 Å². The highest BCUT2D eigenvalue weighted by Gasteiger charge is 1.96. The second kappa shape index (κ2) is 7.19. The summed E-state index contributed by atoms with van der Waals surface area (Å²) in [4.78, 5) is 10.2. The second-order valence-corrected chi connectivity index (χ2v) is 3.36. The van der Waals surface area contributed by atoms with Gasteiger partial charge in [0, 0.05) is 6.54 Å². The van der Waals surface area contributed by atoms with Crippen LogP contribution < -0.4 is 5.73 Å². The van der Waals surface area contributed by atoms with Crippen LogP contribution in [-0.2, 0) is 6.54 Å². The minimum Gasteiger partial charge on any atom is -0.478 e. The zero-order chi connectivity index (χ0) is 12.5. The van der Waals surface area contributed by atoms with E-state index in [-0.39, 0.29) is 0 Å². The first-order chi connectivity index (χ1) is 8.24. The van der Waals surface area contributed by atoms with Crippen molar-refractivity contribution in [1.29, 1.82) is 0 Å². The zero-order valence-electron chi connectivity index (χ0n) is 9.41. The Hall–Kier alpha value is -2.13. The Bertz CT molecular complexity index is 440. The first kappa shape index (κ1) is 12.9. The molecule has 0 unspecified atom stereocenters. The van der Waals surface area contributed by atoms with Gasteiger partial charge in [0.1, 0.15) is 0 Å². The van der Waals surface area contributed by atoms with Gasteiger partial charge >= 0.3 is 5.97 Å². The molecule has 0 aliphatic rings. The monoisotopic (exact) mass is 229 g/mol. The molecule has 0 saturated carbocycles. The Labute approximate surface area is 101 Å². The lowest BCUT2D eigenvalue weighted by molar-refractivity contribution is 0.0697. The molecule has 3 nitrogen and oxygen atoms in total. The van der Waals surface area contributed by atoms with Crippen molar-refractivity contribution < 1.29 is 9.90 Å². The predicted octanol–water partition coefficient (Wildman–Crippen LogP) is 2.53. The molecule has 0 spiro atoms. The van der Waals surface area contributed by atoms with E-state index in [1.807, 2.05) is 30.3 Å². The molecule has 0 fully saturated rings. The molecule has 17 heavy (non-hydrogen) atoms. The third-order valence-electron chi connectivity index (χ3n) is 2.10. The summed E-state index contributed by atoms with van der Waals surface area (Å²) >= 11 is 0. The molecule has 2 aromatic rings. The number of rotatable bonds is 2. The van der Waals surface area contributed by atoms with Crippen molar-refractivity contribution >= 4 is 5.97 Å². The number of carboxylic acids is 1. The summed E-state index contributed by atoms with van der Waals surface area (Å²) in [7, 11) is 0. The molecule has 0 radical (unpaired) electrons. The van der Waals surface area contributed by atoms with Crippen molar-refractivity contribution in [3.05, 3.63) is 71.8 Å². The first-order valence-corrected chi connectivity index (χ1v) is 5.26. The van der Waals surface area contributed by atoms with Crippen LogP contribution in [-0.4, -0.2) is 11.1 Å². The molecular formula is C14H15NO2. The summed E-state index contributed by atoms with van der Waals surface area (Å²) in [6, 6.07) is 18.3. The number of hydrogen-bond donors (Lipinski definition) is 2. The summed E-state index contributed by atoms with van der Waals surface area (Å²) in [6.45, 7) is 0.640. The third kappa shape index (κ3) is 4.95. The van der Waals surface area contributed by atoms with E-state index < -0.39 is 5.97 Å². The maximum atomic E-state index is 10.2. The lowest BCUT2D eigenvalue weighted by Gasteiger charge is -1.90. The van der Waals surface area contributed by atoms with Crippen molar-refractivity contribution in [2.75, 3.05) is 0 Å². The van der Waals surface area contributed by atoms with E-state index >= 15 is 0 Å². The lowest BCUT2D eigenvalue weighted by atomic mass is 10.2. The van der Waals surface area contributed by atoms with Crippen molar-refractivity contribution in [1.82, 2.24) is 0 Å². The van der Waals surface area contributed by atoms with E-state index in [1.54, 1.807) is 30.3 Å². The van der Waals surface area contributed by atoms with Crippen molar-refractivity contribution in [2.24, 2.45) is 5.73 Å². The average molecular weight is 229 g/mol. The van der Waals surface area contributed by atoms with Crippen molar-refractivity contribution in [3.63, 3.8) is 0 Å². The van der Waals surface area contributed by atoms with Gasteiger partial charge in [-0.25, -0.2) is 4.79 Å². The van der Waals surface area contributed by atoms with Gasteiger partial charge in [-0.05, 0) is 17.7 Å². The van der Waals surface area contributed by atoms with Gasteiger partial charge in [0.25, 0.3) is 0 Å². The molecule has 0 aliphatic heterocycles. The quantitative estimate of drug-likeness (QED) is 0.831.